The zero-order chi connectivity index (χ0) is 27.0. The third-order valence-electron chi connectivity index (χ3n) is 4.38. The van der Waals surface area contributed by atoms with Gasteiger partial charge in [0.1, 0.15) is 0 Å². The molecule has 0 saturated carbocycles. The Morgan fingerprint density at radius 1 is 1.00 bits per heavy atom. The van der Waals surface area contributed by atoms with E-state index < -0.39 is 58.2 Å². The van der Waals surface area contributed by atoms with Crippen LogP contribution >= 0.6 is 0 Å². The molecule has 8 nitrogen and oxygen atoms in total. The summed E-state index contributed by atoms with van der Waals surface area (Å²) in [4.78, 5) is 25.1. The first-order valence-electron chi connectivity index (χ1n) is 9.91. The van der Waals surface area contributed by atoms with Crippen molar-refractivity contribution < 1.29 is 62.8 Å². The fraction of sp³-hybridized carbons (Fsp3) is 0.778. The number of amides is 1. The van der Waals surface area contributed by atoms with Crippen LogP contribution in [0.1, 0.15) is 46.0 Å². The average Bonchev–Trinajstić information content (AvgIpc) is 2.70. The SMILES string of the molecule is C=CC(=O)OC(OCCC(F)(F)C(F)(F)S(=O)(=O)[O-])(C(=O)N(CCCC)CCCC)C(F)(F)F. The highest BCUT2D eigenvalue weighted by molar-refractivity contribution is 7.86. The van der Waals surface area contributed by atoms with Crippen LogP contribution in [0.15, 0.2) is 12.7 Å². The minimum absolute atomic E-state index is 0.199. The van der Waals surface area contributed by atoms with Gasteiger partial charge in [0, 0.05) is 25.6 Å². The van der Waals surface area contributed by atoms with Gasteiger partial charge in [0.05, 0.1) is 6.61 Å². The van der Waals surface area contributed by atoms with Gasteiger partial charge in [-0.15, -0.1) is 0 Å². The maximum atomic E-state index is 14.0. The molecule has 1 atom stereocenters. The van der Waals surface area contributed by atoms with Crippen molar-refractivity contribution in [1.82, 2.24) is 4.90 Å². The molecule has 0 rings (SSSR count). The molecule has 16 heteroatoms. The quantitative estimate of drug-likeness (QED) is 0.104. The van der Waals surface area contributed by atoms with Crippen LogP contribution in [0.3, 0.4) is 0 Å². The molecule has 0 spiro atoms. The van der Waals surface area contributed by atoms with E-state index in [9.17, 15) is 53.3 Å². The van der Waals surface area contributed by atoms with Gasteiger partial charge in [-0.3, -0.25) is 4.79 Å². The Labute approximate surface area is 191 Å². The minimum atomic E-state index is -6.91. The van der Waals surface area contributed by atoms with Gasteiger partial charge in [0.2, 0.25) is 0 Å². The zero-order valence-electron chi connectivity index (χ0n) is 18.3. The van der Waals surface area contributed by atoms with Crippen LogP contribution in [-0.4, -0.2) is 72.6 Å². The van der Waals surface area contributed by atoms with Gasteiger partial charge in [-0.1, -0.05) is 33.3 Å². The van der Waals surface area contributed by atoms with E-state index in [1.165, 1.54) is 0 Å². The van der Waals surface area contributed by atoms with Crippen molar-refractivity contribution in [2.75, 3.05) is 19.7 Å². The van der Waals surface area contributed by atoms with Crippen molar-refractivity contribution >= 4 is 22.0 Å². The number of carbonyl (C=O) groups excluding carboxylic acids is 2. The number of carbonyl (C=O) groups is 2. The minimum Gasteiger partial charge on any atom is -0.743 e. The van der Waals surface area contributed by atoms with E-state index >= 15 is 0 Å². The molecule has 0 aliphatic rings. The normalized spacial score (nSPS) is 14.9. The molecule has 0 aromatic carbocycles. The molecule has 0 N–H and O–H groups in total. The second-order valence-electron chi connectivity index (χ2n) is 7.01. The highest BCUT2D eigenvalue weighted by Crippen LogP contribution is 2.42. The Balaban J connectivity index is 6.28. The van der Waals surface area contributed by atoms with E-state index in [1.54, 1.807) is 13.8 Å². The van der Waals surface area contributed by atoms with Gasteiger partial charge in [-0.25, -0.2) is 13.2 Å². The van der Waals surface area contributed by atoms with Gasteiger partial charge in [0.25, 0.3) is 0 Å². The first-order chi connectivity index (χ1) is 15.3. The van der Waals surface area contributed by atoms with Crippen LogP contribution in [0.4, 0.5) is 30.7 Å². The number of alkyl halides is 7. The molecule has 1 amide bonds. The van der Waals surface area contributed by atoms with Crippen molar-refractivity contribution in [3.8, 4) is 0 Å². The molecular formula is C18H25F7NO7S-. The first-order valence-corrected chi connectivity index (χ1v) is 11.3. The van der Waals surface area contributed by atoms with Crippen LogP contribution in [0.2, 0.25) is 0 Å². The topological polar surface area (TPSA) is 113 Å². The van der Waals surface area contributed by atoms with Crippen LogP contribution in [0.5, 0.6) is 0 Å². The standard InChI is InChI=1S/C18H26F7NO7S/c1-4-7-10-26(11-8-5-2)14(28)16(17(21,22)23,33-13(27)6-3)32-12-9-15(19,20)18(24,25)34(29,30)31/h6H,3-5,7-12H2,1-2H3,(H,29,30,31)/p-1. The summed E-state index contributed by atoms with van der Waals surface area (Å²) >= 11 is 0. The van der Waals surface area contributed by atoms with Crippen LogP contribution < -0.4 is 0 Å². The molecule has 0 aliphatic heterocycles. The van der Waals surface area contributed by atoms with E-state index in [0.29, 0.717) is 17.7 Å². The highest BCUT2D eigenvalue weighted by Gasteiger charge is 2.68. The Bertz CT molecular complexity index is 810. The van der Waals surface area contributed by atoms with Crippen molar-refractivity contribution in [2.45, 2.75) is 69.1 Å². The molecule has 0 radical (unpaired) electrons. The lowest BCUT2D eigenvalue weighted by Gasteiger charge is -2.37. The molecular weight excluding hydrogens is 507 g/mol. The van der Waals surface area contributed by atoms with Gasteiger partial charge in [0.15, 0.2) is 10.1 Å². The van der Waals surface area contributed by atoms with E-state index in [1.807, 2.05) is 0 Å². The van der Waals surface area contributed by atoms with Gasteiger partial charge in [-0.2, -0.15) is 30.7 Å². The number of rotatable bonds is 15. The third-order valence-corrected chi connectivity index (χ3v) is 5.30. The van der Waals surface area contributed by atoms with Crippen molar-refractivity contribution in [3.05, 3.63) is 12.7 Å². The highest BCUT2D eigenvalue weighted by atomic mass is 32.2. The lowest BCUT2D eigenvalue weighted by molar-refractivity contribution is -0.352. The van der Waals surface area contributed by atoms with Gasteiger partial charge < -0.3 is 18.9 Å². The van der Waals surface area contributed by atoms with Crippen molar-refractivity contribution in [1.29, 1.82) is 0 Å². The first kappa shape index (κ1) is 32.1. The number of hydrogen-bond acceptors (Lipinski definition) is 7. The molecule has 0 aliphatic carbocycles. The van der Waals surface area contributed by atoms with Gasteiger partial charge >= 0.3 is 35.0 Å². The van der Waals surface area contributed by atoms with Crippen LogP contribution in [0, 0.1) is 0 Å². The molecule has 0 bridgehead atoms. The predicted molar refractivity (Wildman–Crippen MR) is 102 cm³/mol. The van der Waals surface area contributed by atoms with E-state index in [2.05, 4.69) is 16.1 Å². The molecule has 1 unspecified atom stereocenters. The summed E-state index contributed by atoms with van der Waals surface area (Å²) in [5, 5.41) is -6.19. The maximum absolute atomic E-state index is 14.0. The average molecular weight is 532 g/mol. The fourth-order valence-corrected chi connectivity index (χ4v) is 2.92. The number of nitrogens with zero attached hydrogens (tertiary/aromatic N) is 1. The molecule has 0 aromatic heterocycles. The number of ether oxygens (including phenoxy) is 2. The second-order valence-corrected chi connectivity index (χ2v) is 8.43. The second kappa shape index (κ2) is 12.2. The summed E-state index contributed by atoms with van der Waals surface area (Å²) in [5.41, 5.74) is 0. The Morgan fingerprint density at radius 2 is 1.47 bits per heavy atom. The molecule has 0 saturated heterocycles. The van der Waals surface area contributed by atoms with E-state index in [0.717, 1.165) is 0 Å². The van der Waals surface area contributed by atoms with Crippen molar-refractivity contribution in [2.24, 2.45) is 0 Å². The summed E-state index contributed by atoms with van der Waals surface area (Å²) in [6.45, 7) is 3.57. The third kappa shape index (κ3) is 7.53. The smallest absolute Gasteiger partial charge is 0.466 e. The summed E-state index contributed by atoms with van der Waals surface area (Å²) in [6.07, 6.45) is -6.87. The van der Waals surface area contributed by atoms with Crippen molar-refractivity contribution in [3.63, 3.8) is 0 Å². The number of unbranched alkanes of at least 4 members (excludes halogenated alkanes) is 2. The number of halogens is 7. The summed E-state index contributed by atoms with van der Waals surface area (Å²) in [7, 11) is -6.91. The number of esters is 1. The fourth-order valence-electron chi connectivity index (χ4n) is 2.45. The summed E-state index contributed by atoms with van der Waals surface area (Å²) in [5.74, 6) is -14.1. The Morgan fingerprint density at radius 3 is 1.82 bits per heavy atom. The van der Waals surface area contributed by atoms with E-state index in [-0.39, 0.29) is 32.0 Å². The summed E-state index contributed by atoms with van der Waals surface area (Å²) in [6, 6.07) is 0. The largest absolute Gasteiger partial charge is 0.743 e. The van der Waals surface area contributed by atoms with Crippen LogP contribution in [0.25, 0.3) is 0 Å². The maximum Gasteiger partial charge on any atom is 0.466 e. The zero-order valence-corrected chi connectivity index (χ0v) is 19.1. The molecule has 0 aromatic rings. The monoisotopic (exact) mass is 532 g/mol. The van der Waals surface area contributed by atoms with Crippen LogP contribution in [-0.2, 0) is 29.2 Å². The lowest BCUT2D eigenvalue weighted by Crippen LogP contribution is -2.62. The number of hydrogen-bond donors (Lipinski definition) is 0. The summed E-state index contributed by atoms with van der Waals surface area (Å²) < 4.78 is 136. The molecule has 34 heavy (non-hydrogen) atoms. The molecule has 200 valence electrons. The predicted octanol–water partition coefficient (Wildman–Crippen LogP) is 3.58. The van der Waals surface area contributed by atoms with E-state index in [4.69, 9.17) is 0 Å². The molecule has 0 heterocycles. The Kier molecular flexibility index (Phi) is 11.5. The lowest BCUT2D eigenvalue weighted by atomic mass is 10.1. The Hall–Kier alpha value is -1.94. The van der Waals surface area contributed by atoms with Gasteiger partial charge in [-0.05, 0) is 12.8 Å². The molecule has 0 fully saturated rings.